The van der Waals surface area contributed by atoms with Crippen molar-refractivity contribution in [2.75, 3.05) is 52.6 Å². The lowest BCUT2D eigenvalue weighted by molar-refractivity contribution is -0.0136. The molecular weight excluding hydrogens is 781 g/mol. The summed E-state index contributed by atoms with van der Waals surface area (Å²) in [6.45, 7) is 14.8. The lowest BCUT2D eigenvalue weighted by atomic mass is 9.95. The summed E-state index contributed by atoms with van der Waals surface area (Å²) in [7, 11) is -4.40. The molecule has 8 nitrogen and oxygen atoms in total. The van der Waals surface area contributed by atoms with Gasteiger partial charge >= 0.3 is 10.4 Å². The van der Waals surface area contributed by atoms with Crippen LogP contribution in [0.3, 0.4) is 0 Å². The second-order valence-electron chi connectivity index (χ2n) is 18.6. The zero-order valence-corrected chi connectivity index (χ0v) is 40.1. The number of rotatable bonds is 36. The Morgan fingerprint density at radius 2 is 0.820 bits per heavy atom. The molecule has 2 aliphatic rings. The standard InChI is InChI=1S/C52H88N2O6S/c1-5-9-13-15-19-27-45(25-17-11-7-3)41-57-43-51(39-53-35-33-47-29-21-23-31-49(47)37-53)59-61(55,56)60-52(40-54-36-34-48-30-22-24-32-50(48)38-54)44-58-42-46(26-18-12-8-4)28-20-16-14-10-6-2/h21-24,29-32,45-46,51-52H,5-20,25-28,33-44H2,1-4H3. The normalized spacial score (nSPS) is 16.9. The first kappa shape index (κ1) is 51.8. The zero-order valence-electron chi connectivity index (χ0n) is 39.3. The van der Waals surface area contributed by atoms with E-state index in [1.54, 1.807) is 0 Å². The minimum absolute atomic E-state index is 0.211. The summed E-state index contributed by atoms with van der Waals surface area (Å²) in [5, 5.41) is 0. The number of nitrogens with zero attached hydrogens (tertiary/aromatic N) is 2. The van der Waals surface area contributed by atoms with Gasteiger partial charge in [0.2, 0.25) is 0 Å². The highest BCUT2D eigenvalue weighted by atomic mass is 32.3. The predicted octanol–water partition coefficient (Wildman–Crippen LogP) is 12.3. The summed E-state index contributed by atoms with van der Waals surface area (Å²) >= 11 is 0. The molecule has 4 atom stereocenters. The lowest BCUT2D eigenvalue weighted by Gasteiger charge is -2.33. The minimum atomic E-state index is -4.40. The minimum Gasteiger partial charge on any atom is -0.378 e. The highest BCUT2D eigenvalue weighted by Crippen LogP contribution is 2.24. The van der Waals surface area contributed by atoms with Crippen LogP contribution in [0.5, 0.6) is 0 Å². The van der Waals surface area contributed by atoms with Crippen molar-refractivity contribution in [3.63, 3.8) is 0 Å². The van der Waals surface area contributed by atoms with E-state index in [4.69, 9.17) is 17.8 Å². The second kappa shape index (κ2) is 31.1. The van der Waals surface area contributed by atoms with Crippen molar-refractivity contribution in [2.24, 2.45) is 11.8 Å². The van der Waals surface area contributed by atoms with Crippen molar-refractivity contribution in [1.82, 2.24) is 9.80 Å². The van der Waals surface area contributed by atoms with E-state index < -0.39 is 22.6 Å². The molecule has 2 aromatic carbocycles. The number of benzene rings is 2. The molecule has 61 heavy (non-hydrogen) atoms. The van der Waals surface area contributed by atoms with Crippen LogP contribution < -0.4 is 0 Å². The lowest BCUT2D eigenvalue weighted by Crippen LogP contribution is -2.43. The van der Waals surface area contributed by atoms with Crippen molar-refractivity contribution in [1.29, 1.82) is 0 Å². The van der Waals surface area contributed by atoms with E-state index in [0.717, 1.165) is 64.7 Å². The third kappa shape index (κ3) is 21.6. The molecule has 0 amide bonds. The number of fused-ring (bicyclic) bond motifs is 2. The van der Waals surface area contributed by atoms with E-state index in [-0.39, 0.29) is 13.2 Å². The Hall–Kier alpha value is -1.85. The Balaban J connectivity index is 1.44. The van der Waals surface area contributed by atoms with E-state index in [2.05, 4.69) is 86.0 Å². The van der Waals surface area contributed by atoms with Gasteiger partial charge in [-0.2, -0.15) is 8.42 Å². The first-order chi connectivity index (χ1) is 29.8. The fourth-order valence-electron chi connectivity index (χ4n) is 9.37. The first-order valence-electron chi connectivity index (χ1n) is 25.2. The van der Waals surface area contributed by atoms with Crippen molar-refractivity contribution in [3.8, 4) is 0 Å². The van der Waals surface area contributed by atoms with Crippen LogP contribution in [0, 0.1) is 11.8 Å². The van der Waals surface area contributed by atoms with Crippen molar-refractivity contribution < 1.29 is 26.3 Å². The summed E-state index contributed by atoms with van der Waals surface area (Å²) in [5.41, 5.74) is 5.32. The molecule has 2 aliphatic heterocycles. The third-order valence-corrected chi connectivity index (χ3v) is 14.0. The molecule has 4 rings (SSSR count). The van der Waals surface area contributed by atoms with Crippen molar-refractivity contribution in [2.45, 2.75) is 194 Å². The Kier molecular flexibility index (Phi) is 26.4. The molecule has 0 bridgehead atoms. The van der Waals surface area contributed by atoms with Gasteiger partial charge in [0.05, 0.1) is 13.2 Å². The maximum Gasteiger partial charge on any atom is 0.400 e. The Morgan fingerprint density at radius 3 is 1.21 bits per heavy atom. The SMILES string of the molecule is CCCCCCCC(CCCCC)COCC(CN1CCc2ccccc2C1)OS(=O)(=O)OC(COCC(CCCCC)CCCCCCC)CN1CCc2ccccc2C1. The van der Waals surface area contributed by atoms with E-state index in [9.17, 15) is 8.42 Å². The highest BCUT2D eigenvalue weighted by molar-refractivity contribution is 7.81. The molecule has 348 valence electrons. The van der Waals surface area contributed by atoms with Gasteiger partial charge in [-0.15, -0.1) is 0 Å². The fourth-order valence-corrected chi connectivity index (χ4v) is 10.3. The number of ether oxygens (including phenoxy) is 2. The predicted molar refractivity (Wildman–Crippen MR) is 253 cm³/mol. The van der Waals surface area contributed by atoms with Gasteiger partial charge in [0.1, 0.15) is 12.2 Å². The highest BCUT2D eigenvalue weighted by Gasteiger charge is 2.30. The topological polar surface area (TPSA) is 77.5 Å². The van der Waals surface area contributed by atoms with Crippen LogP contribution in [-0.4, -0.2) is 83.0 Å². The van der Waals surface area contributed by atoms with E-state index in [1.807, 2.05) is 0 Å². The quantitative estimate of drug-likeness (QED) is 0.0627. The summed E-state index contributed by atoms with van der Waals surface area (Å²) in [5.74, 6) is 0.948. The van der Waals surface area contributed by atoms with Crippen molar-refractivity contribution >= 4 is 10.4 Å². The third-order valence-electron chi connectivity index (χ3n) is 13.0. The monoisotopic (exact) mass is 869 g/mol. The molecular formula is C52H88N2O6S. The Bertz CT molecular complexity index is 1420. The van der Waals surface area contributed by atoms with Crippen LogP contribution in [-0.2, 0) is 54.2 Å². The van der Waals surface area contributed by atoms with Gasteiger partial charge in [0.25, 0.3) is 0 Å². The van der Waals surface area contributed by atoms with Gasteiger partial charge < -0.3 is 9.47 Å². The number of hydrogen-bond donors (Lipinski definition) is 0. The average Bonchev–Trinajstić information content (AvgIpc) is 3.25. The molecule has 0 N–H and O–H groups in total. The van der Waals surface area contributed by atoms with E-state index in [0.29, 0.717) is 38.1 Å². The largest absolute Gasteiger partial charge is 0.400 e. The molecule has 0 radical (unpaired) electrons. The molecule has 0 aromatic heterocycles. The average molecular weight is 869 g/mol. The number of unbranched alkanes of at least 4 members (excludes halogenated alkanes) is 12. The molecule has 4 unspecified atom stereocenters. The van der Waals surface area contributed by atoms with Gasteiger partial charge in [-0.05, 0) is 72.6 Å². The molecule has 0 spiro atoms. The molecule has 0 aliphatic carbocycles. The van der Waals surface area contributed by atoms with E-state index >= 15 is 0 Å². The molecule has 9 heteroatoms. The van der Waals surface area contributed by atoms with Crippen LogP contribution in [0.4, 0.5) is 0 Å². The van der Waals surface area contributed by atoms with E-state index in [1.165, 1.54) is 125 Å². The number of hydrogen-bond acceptors (Lipinski definition) is 8. The van der Waals surface area contributed by atoms with Crippen molar-refractivity contribution in [3.05, 3.63) is 70.8 Å². The summed E-state index contributed by atoms with van der Waals surface area (Å²) in [6, 6.07) is 17.1. The molecule has 0 saturated carbocycles. The van der Waals surface area contributed by atoms with Gasteiger partial charge in [0.15, 0.2) is 0 Å². The molecule has 0 fully saturated rings. The Labute approximate surface area is 374 Å². The molecule has 0 saturated heterocycles. The molecule has 2 heterocycles. The van der Waals surface area contributed by atoms with Crippen LogP contribution in [0.15, 0.2) is 48.5 Å². The summed E-state index contributed by atoms with van der Waals surface area (Å²) in [4.78, 5) is 4.62. The second-order valence-corrected chi connectivity index (χ2v) is 19.8. The van der Waals surface area contributed by atoms with Crippen LogP contribution in [0.2, 0.25) is 0 Å². The van der Waals surface area contributed by atoms with Crippen LogP contribution in [0.1, 0.15) is 178 Å². The Morgan fingerprint density at radius 1 is 0.475 bits per heavy atom. The summed E-state index contributed by atoms with van der Waals surface area (Å²) < 4.78 is 53.4. The summed E-state index contributed by atoms with van der Waals surface area (Å²) in [6.07, 6.45) is 25.1. The molecule has 2 aromatic rings. The zero-order chi connectivity index (χ0) is 43.4. The fraction of sp³-hybridized carbons (Fsp3) is 0.769. The van der Waals surface area contributed by atoms with Crippen LogP contribution >= 0.6 is 0 Å². The van der Waals surface area contributed by atoms with Gasteiger partial charge in [-0.3, -0.25) is 9.80 Å². The first-order valence-corrected chi connectivity index (χ1v) is 26.5. The van der Waals surface area contributed by atoms with Gasteiger partial charge in [-0.25, -0.2) is 8.37 Å². The maximum absolute atomic E-state index is 14.1. The maximum atomic E-state index is 14.1. The smallest absolute Gasteiger partial charge is 0.378 e. The van der Waals surface area contributed by atoms with Gasteiger partial charge in [-0.1, -0.05) is 179 Å². The van der Waals surface area contributed by atoms with Crippen LogP contribution in [0.25, 0.3) is 0 Å². The van der Waals surface area contributed by atoms with Gasteiger partial charge in [0, 0.05) is 52.5 Å².